The highest BCUT2D eigenvalue weighted by atomic mass is 35.5. The lowest BCUT2D eigenvalue weighted by molar-refractivity contribution is 0.102. The summed E-state index contributed by atoms with van der Waals surface area (Å²) in [5, 5.41) is 12.3. The third-order valence-electron chi connectivity index (χ3n) is 3.01. The number of hydrogen-bond donors (Lipinski definition) is 3. The summed E-state index contributed by atoms with van der Waals surface area (Å²) < 4.78 is 0. The van der Waals surface area contributed by atoms with Crippen molar-refractivity contribution in [2.45, 2.75) is 6.92 Å². The van der Waals surface area contributed by atoms with E-state index in [0.717, 1.165) is 5.56 Å². The zero-order valence-corrected chi connectivity index (χ0v) is 12.0. The Labute approximate surface area is 127 Å². The Morgan fingerprint density at radius 3 is 2.71 bits per heavy atom. The normalized spacial score (nSPS) is 9.81. The zero-order valence-electron chi connectivity index (χ0n) is 11.3. The third kappa shape index (κ3) is 3.14. The second-order valence-electron chi connectivity index (χ2n) is 4.40. The van der Waals surface area contributed by atoms with Crippen molar-refractivity contribution < 1.29 is 4.79 Å². The van der Waals surface area contributed by atoms with Crippen molar-refractivity contribution in [1.82, 2.24) is 0 Å². The van der Waals surface area contributed by atoms with E-state index in [1.54, 1.807) is 37.3 Å². The van der Waals surface area contributed by atoms with E-state index in [2.05, 4.69) is 16.8 Å². The van der Waals surface area contributed by atoms with Crippen LogP contribution in [0.15, 0.2) is 36.4 Å². The number of hydrazine groups is 1. The minimum absolute atomic E-state index is 0.301. The van der Waals surface area contributed by atoms with Crippen molar-refractivity contribution in [3.8, 4) is 6.07 Å². The van der Waals surface area contributed by atoms with Gasteiger partial charge in [0.05, 0.1) is 22.5 Å². The van der Waals surface area contributed by atoms with Crippen LogP contribution >= 0.6 is 11.6 Å². The Hall–Kier alpha value is -2.55. The molecule has 5 nitrogen and oxygen atoms in total. The topological polar surface area (TPSA) is 90.9 Å². The highest BCUT2D eigenvalue weighted by molar-refractivity contribution is 6.31. The fourth-order valence-electron chi connectivity index (χ4n) is 1.94. The number of carbonyl (C=O) groups excluding carboxylic acids is 1. The molecule has 4 N–H and O–H groups in total. The van der Waals surface area contributed by atoms with Crippen molar-refractivity contribution in [1.29, 1.82) is 5.26 Å². The summed E-state index contributed by atoms with van der Waals surface area (Å²) in [4.78, 5) is 12.4. The summed E-state index contributed by atoms with van der Waals surface area (Å²) in [5.41, 5.74) is 4.86. The Morgan fingerprint density at radius 1 is 1.29 bits per heavy atom. The van der Waals surface area contributed by atoms with Crippen molar-refractivity contribution in [2.24, 2.45) is 5.84 Å². The molecule has 0 aliphatic rings. The van der Waals surface area contributed by atoms with Gasteiger partial charge in [0.25, 0.3) is 5.91 Å². The van der Waals surface area contributed by atoms with E-state index < -0.39 is 5.91 Å². The molecule has 6 heteroatoms. The number of anilines is 2. The summed E-state index contributed by atoms with van der Waals surface area (Å²) in [6, 6.07) is 12.1. The lowest BCUT2D eigenvalue weighted by atomic mass is 10.1. The van der Waals surface area contributed by atoms with Gasteiger partial charge in [-0.15, -0.1) is 0 Å². The summed E-state index contributed by atoms with van der Waals surface area (Å²) >= 11 is 5.90. The number of rotatable bonds is 3. The second-order valence-corrected chi connectivity index (χ2v) is 4.83. The number of carbonyl (C=O) groups is 1. The average molecular weight is 301 g/mol. The SMILES string of the molecule is Cc1cccc(NC(=O)c2cc(Cl)ccc2NN)c1C#N. The number of nitriles is 1. The fourth-order valence-corrected chi connectivity index (χ4v) is 2.11. The van der Waals surface area contributed by atoms with Gasteiger partial charge in [-0.1, -0.05) is 23.7 Å². The molecule has 0 bridgehead atoms. The number of nitrogens with two attached hydrogens (primary N) is 1. The molecule has 2 aromatic carbocycles. The van der Waals surface area contributed by atoms with Crippen LogP contribution in [0.1, 0.15) is 21.5 Å². The highest BCUT2D eigenvalue weighted by Crippen LogP contribution is 2.23. The summed E-state index contributed by atoms with van der Waals surface area (Å²) in [7, 11) is 0. The zero-order chi connectivity index (χ0) is 15.4. The number of hydrogen-bond acceptors (Lipinski definition) is 4. The highest BCUT2D eigenvalue weighted by Gasteiger charge is 2.14. The standard InChI is InChI=1S/C15H13ClN4O/c1-9-3-2-4-13(12(9)8-17)19-15(21)11-7-10(16)5-6-14(11)20-18/h2-7,20H,18H2,1H3,(H,19,21). The average Bonchev–Trinajstić information content (AvgIpc) is 2.47. The van der Waals surface area contributed by atoms with Crippen molar-refractivity contribution in [3.05, 3.63) is 58.1 Å². The largest absolute Gasteiger partial charge is 0.323 e. The molecule has 0 aromatic heterocycles. The summed E-state index contributed by atoms with van der Waals surface area (Å²) in [6.45, 7) is 1.81. The van der Waals surface area contributed by atoms with Gasteiger partial charge >= 0.3 is 0 Å². The van der Waals surface area contributed by atoms with Gasteiger partial charge in [0, 0.05) is 5.02 Å². The molecule has 0 saturated carbocycles. The van der Waals surface area contributed by atoms with E-state index in [-0.39, 0.29) is 0 Å². The summed E-state index contributed by atoms with van der Waals surface area (Å²) in [6.07, 6.45) is 0. The number of halogens is 1. The van der Waals surface area contributed by atoms with Crippen LogP contribution in [0, 0.1) is 18.3 Å². The molecule has 2 rings (SSSR count). The molecule has 2 aromatic rings. The smallest absolute Gasteiger partial charge is 0.257 e. The molecular formula is C15H13ClN4O. The molecule has 0 unspecified atom stereocenters. The maximum absolute atomic E-state index is 12.4. The van der Waals surface area contributed by atoms with E-state index in [0.29, 0.717) is 27.5 Å². The Bertz CT molecular complexity index is 737. The minimum atomic E-state index is -0.396. The van der Waals surface area contributed by atoms with Crippen molar-refractivity contribution >= 4 is 28.9 Å². The molecule has 0 aliphatic heterocycles. The number of nitrogen functional groups attached to an aromatic ring is 1. The molecule has 0 radical (unpaired) electrons. The minimum Gasteiger partial charge on any atom is -0.323 e. The number of nitrogens with one attached hydrogen (secondary N) is 2. The van der Waals surface area contributed by atoms with Crippen LogP contribution < -0.4 is 16.6 Å². The van der Waals surface area contributed by atoms with Crippen LogP contribution in [-0.2, 0) is 0 Å². The van der Waals surface area contributed by atoms with Crippen LogP contribution in [0.25, 0.3) is 0 Å². The number of nitrogens with zero attached hydrogens (tertiary/aromatic N) is 1. The molecule has 0 fully saturated rings. The van der Waals surface area contributed by atoms with Gasteiger partial charge in [0.2, 0.25) is 0 Å². The first-order chi connectivity index (χ1) is 10.1. The number of amides is 1. The predicted molar refractivity (Wildman–Crippen MR) is 83.1 cm³/mol. The van der Waals surface area contributed by atoms with Crippen LogP contribution in [0.4, 0.5) is 11.4 Å². The van der Waals surface area contributed by atoms with E-state index in [1.165, 1.54) is 6.07 Å². The Balaban J connectivity index is 2.38. The van der Waals surface area contributed by atoms with Gasteiger partial charge in [-0.25, -0.2) is 0 Å². The maximum Gasteiger partial charge on any atom is 0.257 e. The van der Waals surface area contributed by atoms with Crippen LogP contribution in [0.3, 0.4) is 0 Å². The van der Waals surface area contributed by atoms with Crippen LogP contribution in [-0.4, -0.2) is 5.91 Å². The van der Waals surface area contributed by atoms with Gasteiger partial charge < -0.3 is 10.7 Å². The first-order valence-corrected chi connectivity index (χ1v) is 6.52. The van der Waals surface area contributed by atoms with E-state index in [4.69, 9.17) is 17.4 Å². The van der Waals surface area contributed by atoms with Crippen molar-refractivity contribution in [2.75, 3.05) is 10.7 Å². The molecule has 0 atom stereocenters. The van der Waals surface area contributed by atoms with Gasteiger partial charge in [0.1, 0.15) is 6.07 Å². The molecule has 106 valence electrons. The number of benzene rings is 2. The molecule has 0 aliphatic carbocycles. The molecule has 0 saturated heterocycles. The molecule has 21 heavy (non-hydrogen) atoms. The van der Waals surface area contributed by atoms with Crippen molar-refractivity contribution in [3.63, 3.8) is 0 Å². The fraction of sp³-hybridized carbons (Fsp3) is 0.0667. The maximum atomic E-state index is 12.4. The first-order valence-electron chi connectivity index (χ1n) is 6.14. The first kappa shape index (κ1) is 14.9. The monoisotopic (exact) mass is 300 g/mol. The Kier molecular flexibility index (Phi) is 4.43. The van der Waals surface area contributed by atoms with Gasteiger partial charge in [-0.05, 0) is 36.8 Å². The summed E-state index contributed by atoms with van der Waals surface area (Å²) in [5.74, 6) is 4.99. The quantitative estimate of drug-likeness (QED) is 0.600. The van der Waals surface area contributed by atoms with E-state index in [9.17, 15) is 10.1 Å². The lowest BCUT2D eigenvalue weighted by Gasteiger charge is -2.12. The molecular weight excluding hydrogens is 288 g/mol. The molecule has 0 spiro atoms. The second kappa shape index (κ2) is 6.27. The van der Waals surface area contributed by atoms with E-state index in [1.807, 2.05) is 0 Å². The van der Waals surface area contributed by atoms with E-state index >= 15 is 0 Å². The molecule has 0 heterocycles. The van der Waals surface area contributed by atoms with Gasteiger partial charge in [0.15, 0.2) is 0 Å². The third-order valence-corrected chi connectivity index (χ3v) is 3.25. The predicted octanol–water partition coefficient (Wildman–Crippen LogP) is 3.06. The molecule has 1 amide bonds. The van der Waals surface area contributed by atoms with Gasteiger partial charge in [-0.2, -0.15) is 5.26 Å². The van der Waals surface area contributed by atoms with Crippen LogP contribution in [0.2, 0.25) is 5.02 Å². The Morgan fingerprint density at radius 2 is 2.05 bits per heavy atom. The van der Waals surface area contributed by atoms with Crippen LogP contribution in [0.5, 0.6) is 0 Å². The number of aryl methyl sites for hydroxylation is 1. The lowest BCUT2D eigenvalue weighted by Crippen LogP contribution is -2.18. The van der Waals surface area contributed by atoms with Gasteiger partial charge in [-0.3, -0.25) is 10.6 Å².